The Morgan fingerprint density at radius 3 is 2.44 bits per heavy atom. The van der Waals surface area contributed by atoms with Gasteiger partial charge in [-0.2, -0.15) is 0 Å². The zero-order valence-electron chi connectivity index (χ0n) is 14.2. The van der Waals surface area contributed by atoms with Gasteiger partial charge < -0.3 is 19.9 Å². The van der Waals surface area contributed by atoms with E-state index in [0.717, 1.165) is 0 Å². The molecule has 0 aliphatic carbocycles. The second-order valence-electron chi connectivity index (χ2n) is 5.33. The molecule has 0 saturated carbocycles. The number of methoxy groups -OCH3 is 1. The number of rotatable bonds is 8. The number of carboxylic acid groups (broad SMARTS) is 1. The summed E-state index contributed by atoms with van der Waals surface area (Å²) >= 11 is 0. The second-order valence-corrected chi connectivity index (χ2v) is 5.33. The summed E-state index contributed by atoms with van der Waals surface area (Å²) in [6.07, 6.45) is -0.240. The standard InChI is InChI=1S/C19H21NO5/c1-3-25-16-10-9-14(11-17(16)24-2)15(12-18(21)22)20-19(23)13-7-5-4-6-8-13/h4-11,15H,3,12H2,1-2H3,(H,20,23)(H,21,22)/t15-/m1/s1. The van der Waals surface area contributed by atoms with Gasteiger partial charge in [-0.05, 0) is 36.8 Å². The number of carbonyl (C=O) groups is 2. The average Bonchev–Trinajstić information content (AvgIpc) is 2.62. The maximum Gasteiger partial charge on any atom is 0.305 e. The van der Waals surface area contributed by atoms with E-state index in [0.29, 0.717) is 29.2 Å². The molecular weight excluding hydrogens is 322 g/mol. The van der Waals surface area contributed by atoms with Crippen molar-refractivity contribution >= 4 is 11.9 Å². The number of benzene rings is 2. The molecule has 6 nitrogen and oxygen atoms in total. The van der Waals surface area contributed by atoms with Crippen LogP contribution in [0.15, 0.2) is 48.5 Å². The van der Waals surface area contributed by atoms with Crippen LogP contribution in [0.5, 0.6) is 11.5 Å². The first-order valence-corrected chi connectivity index (χ1v) is 7.93. The maximum absolute atomic E-state index is 12.4. The van der Waals surface area contributed by atoms with Crippen molar-refractivity contribution < 1.29 is 24.2 Å². The number of ether oxygens (including phenoxy) is 2. The fourth-order valence-corrected chi connectivity index (χ4v) is 2.43. The normalized spacial score (nSPS) is 11.4. The van der Waals surface area contributed by atoms with E-state index in [1.807, 2.05) is 13.0 Å². The molecule has 25 heavy (non-hydrogen) atoms. The van der Waals surface area contributed by atoms with Gasteiger partial charge in [0, 0.05) is 5.56 Å². The van der Waals surface area contributed by atoms with Crippen LogP contribution >= 0.6 is 0 Å². The van der Waals surface area contributed by atoms with Crippen molar-refractivity contribution in [3.8, 4) is 11.5 Å². The lowest BCUT2D eigenvalue weighted by Crippen LogP contribution is -2.30. The lowest BCUT2D eigenvalue weighted by atomic mass is 10.0. The van der Waals surface area contributed by atoms with Crippen molar-refractivity contribution in [1.82, 2.24) is 5.32 Å². The molecule has 0 radical (unpaired) electrons. The molecule has 6 heteroatoms. The molecule has 2 aromatic carbocycles. The number of hydrogen-bond donors (Lipinski definition) is 2. The van der Waals surface area contributed by atoms with Crippen molar-refractivity contribution in [2.75, 3.05) is 13.7 Å². The molecule has 0 fully saturated rings. The fraction of sp³-hybridized carbons (Fsp3) is 0.263. The minimum Gasteiger partial charge on any atom is -0.493 e. The van der Waals surface area contributed by atoms with E-state index in [1.54, 1.807) is 42.5 Å². The van der Waals surface area contributed by atoms with Gasteiger partial charge in [0.1, 0.15) is 0 Å². The van der Waals surface area contributed by atoms with Crippen LogP contribution in [0.4, 0.5) is 0 Å². The highest BCUT2D eigenvalue weighted by Crippen LogP contribution is 2.31. The molecule has 0 unspecified atom stereocenters. The Morgan fingerprint density at radius 1 is 1.12 bits per heavy atom. The van der Waals surface area contributed by atoms with E-state index in [9.17, 15) is 14.7 Å². The molecule has 0 bridgehead atoms. The van der Waals surface area contributed by atoms with Crippen molar-refractivity contribution in [3.05, 3.63) is 59.7 Å². The third-order valence-corrected chi connectivity index (χ3v) is 3.61. The Labute approximate surface area is 146 Å². The Kier molecular flexibility index (Phi) is 6.39. The SMILES string of the molecule is CCOc1ccc([C@@H](CC(=O)O)NC(=O)c2ccccc2)cc1OC. The average molecular weight is 343 g/mol. The van der Waals surface area contributed by atoms with Crippen LogP contribution < -0.4 is 14.8 Å². The minimum atomic E-state index is -1.01. The van der Waals surface area contributed by atoms with Crippen LogP contribution in [-0.4, -0.2) is 30.7 Å². The Hall–Kier alpha value is -3.02. The zero-order valence-corrected chi connectivity index (χ0v) is 14.2. The summed E-state index contributed by atoms with van der Waals surface area (Å²) in [7, 11) is 1.51. The van der Waals surface area contributed by atoms with Crippen molar-refractivity contribution in [3.63, 3.8) is 0 Å². The Morgan fingerprint density at radius 2 is 1.84 bits per heavy atom. The van der Waals surface area contributed by atoms with Crippen LogP contribution in [-0.2, 0) is 4.79 Å². The molecular formula is C19H21NO5. The van der Waals surface area contributed by atoms with Gasteiger partial charge in [0.25, 0.3) is 5.91 Å². The van der Waals surface area contributed by atoms with Gasteiger partial charge in [0.15, 0.2) is 11.5 Å². The summed E-state index contributed by atoms with van der Waals surface area (Å²) in [6, 6.07) is 13.1. The zero-order chi connectivity index (χ0) is 18.2. The summed E-state index contributed by atoms with van der Waals surface area (Å²) in [4.78, 5) is 23.6. The molecule has 1 amide bonds. The molecule has 0 aromatic heterocycles. The Bertz CT molecular complexity index is 730. The predicted octanol–water partition coefficient (Wildman–Crippen LogP) is 3.04. The number of amides is 1. The van der Waals surface area contributed by atoms with Gasteiger partial charge >= 0.3 is 5.97 Å². The summed E-state index contributed by atoms with van der Waals surface area (Å²) in [5.74, 6) is -0.285. The first-order chi connectivity index (χ1) is 12.0. The number of nitrogens with one attached hydrogen (secondary N) is 1. The number of carboxylic acids is 1. The summed E-state index contributed by atoms with van der Waals surface area (Å²) < 4.78 is 10.8. The van der Waals surface area contributed by atoms with Gasteiger partial charge in [-0.25, -0.2) is 0 Å². The first kappa shape index (κ1) is 18.3. The third kappa shape index (κ3) is 4.97. The monoisotopic (exact) mass is 343 g/mol. The lowest BCUT2D eigenvalue weighted by Gasteiger charge is -2.19. The van der Waals surface area contributed by atoms with E-state index < -0.39 is 12.0 Å². The van der Waals surface area contributed by atoms with E-state index >= 15 is 0 Å². The molecule has 0 aliphatic rings. The summed E-state index contributed by atoms with van der Waals surface area (Å²) in [5.41, 5.74) is 1.10. The Balaban J connectivity index is 2.27. The van der Waals surface area contributed by atoms with Crippen LogP contribution in [0, 0.1) is 0 Å². The highest BCUT2D eigenvalue weighted by Gasteiger charge is 2.20. The van der Waals surface area contributed by atoms with Crippen molar-refractivity contribution in [1.29, 1.82) is 0 Å². The molecule has 2 rings (SSSR count). The first-order valence-electron chi connectivity index (χ1n) is 7.93. The molecule has 0 heterocycles. The molecule has 132 valence electrons. The van der Waals surface area contributed by atoms with E-state index in [4.69, 9.17) is 9.47 Å². The van der Waals surface area contributed by atoms with E-state index in [2.05, 4.69) is 5.32 Å². The van der Waals surface area contributed by atoms with Gasteiger partial charge in [-0.3, -0.25) is 9.59 Å². The third-order valence-electron chi connectivity index (χ3n) is 3.61. The molecule has 0 aliphatic heterocycles. The summed E-state index contributed by atoms with van der Waals surface area (Å²) in [6.45, 7) is 2.35. The smallest absolute Gasteiger partial charge is 0.305 e. The number of carbonyl (C=O) groups excluding carboxylic acids is 1. The molecule has 2 N–H and O–H groups in total. The van der Waals surface area contributed by atoms with Gasteiger partial charge in [-0.1, -0.05) is 24.3 Å². The topological polar surface area (TPSA) is 84.9 Å². The lowest BCUT2D eigenvalue weighted by molar-refractivity contribution is -0.137. The molecule has 0 saturated heterocycles. The predicted molar refractivity (Wildman–Crippen MR) is 93.1 cm³/mol. The second kappa shape index (κ2) is 8.73. The van der Waals surface area contributed by atoms with Gasteiger partial charge in [-0.15, -0.1) is 0 Å². The van der Waals surface area contributed by atoms with Gasteiger partial charge in [0.05, 0.1) is 26.2 Å². The van der Waals surface area contributed by atoms with Crippen molar-refractivity contribution in [2.45, 2.75) is 19.4 Å². The van der Waals surface area contributed by atoms with E-state index in [1.165, 1.54) is 7.11 Å². The van der Waals surface area contributed by atoms with Crippen LogP contribution in [0.2, 0.25) is 0 Å². The maximum atomic E-state index is 12.4. The van der Waals surface area contributed by atoms with Crippen LogP contribution in [0.1, 0.15) is 35.3 Å². The highest BCUT2D eigenvalue weighted by molar-refractivity contribution is 5.94. The van der Waals surface area contributed by atoms with Gasteiger partial charge in [0.2, 0.25) is 0 Å². The van der Waals surface area contributed by atoms with Crippen molar-refractivity contribution in [2.24, 2.45) is 0 Å². The van der Waals surface area contributed by atoms with Crippen LogP contribution in [0.25, 0.3) is 0 Å². The highest BCUT2D eigenvalue weighted by atomic mass is 16.5. The van der Waals surface area contributed by atoms with Crippen LogP contribution in [0.3, 0.4) is 0 Å². The summed E-state index contributed by atoms with van der Waals surface area (Å²) in [5, 5.41) is 12.0. The number of aliphatic carboxylic acids is 1. The van der Waals surface area contributed by atoms with E-state index in [-0.39, 0.29) is 12.3 Å². The molecule has 2 aromatic rings. The fourth-order valence-electron chi connectivity index (χ4n) is 2.43. The quantitative estimate of drug-likeness (QED) is 0.769. The minimum absolute atomic E-state index is 0.240. The molecule has 1 atom stereocenters. The largest absolute Gasteiger partial charge is 0.493 e. The number of hydrogen-bond acceptors (Lipinski definition) is 4. The molecule has 0 spiro atoms.